The number of rotatable bonds is 4. The molecule has 0 saturated heterocycles. The van der Waals surface area contributed by atoms with Crippen LogP contribution in [0.25, 0.3) is 0 Å². The highest BCUT2D eigenvalue weighted by molar-refractivity contribution is 6.35. The molecule has 0 saturated carbocycles. The van der Waals surface area contributed by atoms with Gasteiger partial charge in [-0.05, 0) is 30.7 Å². The Bertz CT molecular complexity index is 734. The number of halogens is 2. The monoisotopic (exact) mass is 338 g/mol. The van der Waals surface area contributed by atoms with Gasteiger partial charge in [0, 0.05) is 27.7 Å². The number of carbonyl (C=O) groups excluding carboxylic acids is 1. The number of amides is 1. The number of non-ortho nitro benzene ring substituents is 1. The first kappa shape index (κ1) is 16.3. The fraction of sp³-hybridized carbons (Fsp3) is 0.133. The molecule has 1 amide bonds. The van der Waals surface area contributed by atoms with Crippen LogP contribution >= 0.6 is 23.2 Å². The quantitative estimate of drug-likeness (QED) is 0.663. The lowest BCUT2D eigenvalue weighted by Gasteiger charge is -2.16. The zero-order valence-corrected chi connectivity index (χ0v) is 13.1. The first-order chi connectivity index (χ1) is 10.4. The molecule has 2 aromatic carbocycles. The second kappa shape index (κ2) is 6.77. The zero-order chi connectivity index (χ0) is 16.3. The van der Waals surface area contributed by atoms with E-state index in [4.69, 9.17) is 23.2 Å². The third-order valence-corrected chi connectivity index (χ3v) is 3.66. The minimum atomic E-state index is -0.545. The summed E-state index contributed by atoms with van der Waals surface area (Å²) in [5.74, 6) is -0.415. The Hall–Kier alpha value is -2.11. The van der Waals surface area contributed by atoms with Crippen LogP contribution in [0.1, 0.15) is 28.9 Å². The molecule has 0 aliphatic rings. The molecule has 7 heteroatoms. The molecule has 1 N–H and O–H groups in total. The molecule has 0 aliphatic carbocycles. The van der Waals surface area contributed by atoms with Crippen LogP contribution in [0.2, 0.25) is 10.0 Å². The summed E-state index contributed by atoms with van der Waals surface area (Å²) in [7, 11) is 0. The smallest absolute Gasteiger partial charge is 0.270 e. The van der Waals surface area contributed by atoms with Gasteiger partial charge >= 0.3 is 0 Å². The summed E-state index contributed by atoms with van der Waals surface area (Å²) in [6.45, 7) is 1.77. The van der Waals surface area contributed by atoms with E-state index < -0.39 is 10.8 Å². The van der Waals surface area contributed by atoms with Crippen LogP contribution in [0.3, 0.4) is 0 Å². The Morgan fingerprint density at radius 3 is 2.59 bits per heavy atom. The van der Waals surface area contributed by atoms with Gasteiger partial charge in [-0.25, -0.2) is 0 Å². The molecule has 1 atom stereocenters. The highest BCUT2D eigenvalue weighted by atomic mass is 35.5. The third-order valence-electron chi connectivity index (χ3n) is 3.10. The minimum Gasteiger partial charge on any atom is -0.345 e. The van der Waals surface area contributed by atoms with Gasteiger partial charge in [0.1, 0.15) is 0 Å². The normalized spacial score (nSPS) is 11.8. The molecular formula is C15H12Cl2N2O3. The van der Waals surface area contributed by atoms with E-state index >= 15 is 0 Å². The molecule has 0 fully saturated rings. The Labute approximate surface area is 137 Å². The second-order valence-electron chi connectivity index (χ2n) is 4.67. The predicted molar refractivity (Wildman–Crippen MR) is 85.4 cm³/mol. The highest BCUT2D eigenvalue weighted by Crippen LogP contribution is 2.26. The number of nitro benzene ring substituents is 1. The van der Waals surface area contributed by atoms with Crippen molar-refractivity contribution in [2.45, 2.75) is 13.0 Å². The first-order valence-electron chi connectivity index (χ1n) is 6.38. The van der Waals surface area contributed by atoms with Crippen molar-refractivity contribution in [3.05, 3.63) is 73.8 Å². The van der Waals surface area contributed by atoms with Gasteiger partial charge in [-0.3, -0.25) is 14.9 Å². The number of carbonyl (C=O) groups is 1. The molecule has 0 unspecified atom stereocenters. The lowest BCUT2D eigenvalue weighted by atomic mass is 10.1. The summed E-state index contributed by atoms with van der Waals surface area (Å²) in [6, 6.07) is 10.2. The van der Waals surface area contributed by atoms with Crippen LogP contribution in [-0.4, -0.2) is 10.8 Å². The number of benzene rings is 2. The molecular weight excluding hydrogens is 327 g/mol. The van der Waals surface area contributed by atoms with Gasteiger partial charge in [-0.2, -0.15) is 0 Å². The van der Waals surface area contributed by atoms with E-state index in [0.29, 0.717) is 15.6 Å². The first-order valence-corrected chi connectivity index (χ1v) is 7.14. The molecule has 0 heterocycles. The lowest BCUT2D eigenvalue weighted by molar-refractivity contribution is -0.384. The van der Waals surface area contributed by atoms with E-state index in [-0.39, 0.29) is 17.3 Å². The Morgan fingerprint density at radius 2 is 1.95 bits per heavy atom. The van der Waals surface area contributed by atoms with Crippen LogP contribution in [0.4, 0.5) is 5.69 Å². The van der Waals surface area contributed by atoms with E-state index in [1.165, 1.54) is 24.3 Å². The van der Waals surface area contributed by atoms with Gasteiger partial charge in [-0.15, -0.1) is 0 Å². The van der Waals surface area contributed by atoms with Crippen molar-refractivity contribution in [2.24, 2.45) is 0 Å². The van der Waals surface area contributed by atoms with Gasteiger partial charge in [-0.1, -0.05) is 35.3 Å². The molecule has 0 aromatic heterocycles. The van der Waals surface area contributed by atoms with Crippen LogP contribution in [0.15, 0.2) is 42.5 Å². The molecule has 2 rings (SSSR count). The molecule has 114 valence electrons. The minimum absolute atomic E-state index is 0.134. The number of hydrogen-bond donors (Lipinski definition) is 1. The molecule has 0 radical (unpaired) electrons. The number of nitrogens with one attached hydrogen (secondary N) is 1. The molecule has 0 bridgehead atoms. The van der Waals surface area contributed by atoms with E-state index in [1.807, 2.05) is 0 Å². The van der Waals surface area contributed by atoms with E-state index in [9.17, 15) is 14.9 Å². The largest absolute Gasteiger partial charge is 0.345 e. The molecule has 5 nitrogen and oxygen atoms in total. The summed E-state index contributed by atoms with van der Waals surface area (Å²) in [5, 5.41) is 14.4. The topological polar surface area (TPSA) is 72.2 Å². The van der Waals surface area contributed by atoms with Gasteiger partial charge in [0.15, 0.2) is 0 Å². The van der Waals surface area contributed by atoms with Gasteiger partial charge < -0.3 is 5.32 Å². The van der Waals surface area contributed by atoms with Crippen LogP contribution in [-0.2, 0) is 0 Å². The average molecular weight is 339 g/mol. The van der Waals surface area contributed by atoms with E-state index in [2.05, 4.69) is 5.32 Å². The van der Waals surface area contributed by atoms with Crippen LogP contribution < -0.4 is 5.32 Å². The van der Waals surface area contributed by atoms with Crippen molar-refractivity contribution in [1.82, 2.24) is 5.32 Å². The highest BCUT2D eigenvalue weighted by Gasteiger charge is 2.16. The maximum Gasteiger partial charge on any atom is 0.270 e. The fourth-order valence-electron chi connectivity index (χ4n) is 1.97. The number of nitro groups is 1. The maximum atomic E-state index is 12.2. The second-order valence-corrected chi connectivity index (χ2v) is 5.51. The van der Waals surface area contributed by atoms with Crippen LogP contribution in [0.5, 0.6) is 0 Å². The van der Waals surface area contributed by atoms with Crippen molar-refractivity contribution >= 4 is 34.8 Å². The van der Waals surface area contributed by atoms with E-state index in [1.54, 1.807) is 25.1 Å². The summed E-state index contributed by atoms with van der Waals surface area (Å²) in [6.07, 6.45) is 0. The van der Waals surface area contributed by atoms with Crippen molar-refractivity contribution in [3.8, 4) is 0 Å². The Morgan fingerprint density at radius 1 is 1.23 bits per heavy atom. The lowest BCUT2D eigenvalue weighted by Crippen LogP contribution is -2.26. The number of nitrogens with zero attached hydrogens (tertiary/aromatic N) is 1. The van der Waals surface area contributed by atoms with Gasteiger partial charge in [0.05, 0.1) is 11.0 Å². The predicted octanol–water partition coefficient (Wildman–Crippen LogP) is 4.39. The summed E-state index contributed by atoms with van der Waals surface area (Å²) in [5.41, 5.74) is 0.792. The third kappa shape index (κ3) is 3.75. The average Bonchev–Trinajstić information content (AvgIpc) is 2.47. The van der Waals surface area contributed by atoms with Crippen molar-refractivity contribution in [2.75, 3.05) is 0 Å². The Kier molecular flexibility index (Phi) is 5.00. The van der Waals surface area contributed by atoms with E-state index in [0.717, 1.165) is 0 Å². The molecule has 0 aliphatic heterocycles. The molecule has 22 heavy (non-hydrogen) atoms. The van der Waals surface area contributed by atoms with Crippen molar-refractivity contribution in [1.29, 1.82) is 0 Å². The van der Waals surface area contributed by atoms with Crippen LogP contribution in [0, 0.1) is 10.1 Å². The summed E-state index contributed by atoms with van der Waals surface area (Å²) in [4.78, 5) is 22.4. The summed E-state index contributed by atoms with van der Waals surface area (Å²) < 4.78 is 0. The SMILES string of the molecule is C[C@@H](NC(=O)c1cccc([N+](=O)[O-])c1)c1ccc(Cl)cc1Cl. The molecule has 2 aromatic rings. The van der Waals surface area contributed by atoms with Gasteiger partial charge in [0.25, 0.3) is 11.6 Å². The molecule has 0 spiro atoms. The van der Waals surface area contributed by atoms with Crippen molar-refractivity contribution < 1.29 is 9.72 Å². The summed E-state index contributed by atoms with van der Waals surface area (Å²) >= 11 is 11.9. The fourth-order valence-corrected chi connectivity index (χ4v) is 2.54. The van der Waals surface area contributed by atoms with Crippen molar-refractivity contribution in [3.63, 3.8) is 0 Å². The number of hydrogen-bond acceptors (Lipinski definition) is 3. The standard InChI is InChI=1S/C15H12Cl2N2O3/c1-9(13-6-5-11(16)8-14(13)17)18-15(20)10-3-2-4-12(7-10)19(21)22/h2-9H,1H3,(H,18,20)/t9-/m1/s1. The van der Waals surface area contributed by atoms with Gasteiger partial charge in [0.2, 0.25) is 0 Å². The Balaban J connectivity index is 2.17. The maximum absolute atomic E-state index is 12.2. The zero-order valence-electron chi connectivity index (χ0n) is 11.5.